The number of nitrogens with zero attached hydrogens (tertiary/aromatic N) is 2. The maximum atomic E-state index is 13.4. The van der Waals surface area contributed by atoms with Crippen LogP contribution < -0.4 is 26.0 Å². The number of nitrogens with one attached hydrogen (secondary N) is 3. The summed E-state index contributed by atoms with van der Waals surface area (Å²) in [7, 11) is 2.11. The lowest BCUT2D eigenvalue weighted by molar-refractivity contribution is -0.121. The largest absolute Gasteiger partial charge is 0.373 e. The average Bonchev–Trinajstić information content (AvgIpc) is 2.97. The summed E-state index contributed by atoms with van der Waals surface area (Å²) >= 11 is 0. The number of fused-ring (bicyclic) bond motifs is 2. The quantitative estimate of drug-likeness (QED) is 0.703. The number of hydrazine groups is 1. The molecular formula is C18H27N5O. The van der Waals surface area contributed by atoms with E-state index >= 15 is 0 Å². The molecule has 2 saturated heterocycles. The van der Waals surface area contributed by atoms with Gasteiger partial charge in [0.1, 0.15) is 6.04 Å². The van der Waals surface area contributed by atoms with E-state index in [1.807, 2.05) is 17.0 Å². The second-order valence-electron chi connectivity index (χ2n) is 7.45. The van der Waals surface area contributed by atoms with Crippen LogP contribution in [0.25, 0.3) is 0 Å². The zero-order chi connectivity index (χ0) is 16.7. The van der Waals surface area contributed by atoms with Crippen molar-refractivity contribution in [1.29, 1.82) is 0 Å². The van der Waals surface area contributed by atoms with Crippen molar-refractivity contribution in [2.24, 2.45) is 11.8 Å². The molecule has 6 nitrogen and oxygen atoms in total. The molecule has 0 aliphatic carbocycles. The Hall–Kier alpha value is -1.63. The van der Waals surface area contributed by atoms with Gasteiger partial charge in [-0.05, 0) is 31.0 Å². The van der Waals surface area contributed by atoms with Gasteiger partial charge < -0.3 is 15.1 Å². The van der Waals surface area contributed by atoms with Gasteiger partial charge in [0.2, 0.25) is 5.91 Å². The molecular weight excluding hydrogens is 302 g/mol. The summed E-state index contributed by atoms with van der Waals surface area (Å²) in [5.74, 6) is 0.934. The predicted molar refractivity (Wildman–Crippen MR) is 96.1 cm³/mol. The number of piperidine rings is 1. The fraction of sp³-hybridized carbons (Fsp3) is 0.611. The first-order valence-corrected chi connectivity index (χ1v) is 8.98. The lowest BCUT2D eigenvalue weighted by Gasteiger charge is -2.31. The molecule has 3 N–H and O–H groups in total. The molecule has 0 aromatic heterocycles. The topological polar surface area (TPSA) is 59.6 Å². The standard InChI is InChI=1S/C18H27N5O/c1-12-10-22(2)15-5-3-4-6-16(15)23(11-12)18(24)17-13-9-19-8-7-14(13)20-21-17/h3-6,12-14,17,19-21H,7-11H2,1-2H3. The predicted octanol–water partition coefficient (Wildman–Crippen LogP) is 0.560. The van der Waals surface area contributed by atoms with Crippen LogP contribution in [0.2, 0.25) is 0 Å². The molecule has 0 spiro atoms. The zero-order valence-electron chi connectivity index (χ0n) is 14.5. The highest BCUT2D eigenvalue weighted by Gasteiger charge is 2.43. The zero-order valence-corrected chi connectivity index (χ0v) is 14.5. The highest BCUT2D eigenvalue weighted by Crippen LogP contribution is 2.34. The molecule has 0 radical (unpaired) electrons. The Kier molecular flexibility index (Phi) is 4.20. The molecule has 4 rings (SSSR count). The minimum Gasteiger partial charge on any atom is -0.373 e. The summed E-state index contributed by atoms with van der Waals surface area (Å²) in [6, 6.07) is 8.48. The summed E-state index contributed by atoms with van der Waals surface area (Å²) < 4.78 is 0. The number of carbonyl (C=O) groups is 1. The Morgan fingerprint density at radius 1 is 1.17 bits per heavy atom. The van der Waals surface area contributed by atoms with Gasteiger partial charge in [-0.2, -0.15) is 0 Å². The van der Waals surface area contributed by atoms with Gasteiger partial charge in [0.25, 0.3) is 0 Å². The maximum absolute atomic E-state index is 13.4. The van der Waals surface area contributed by atoms with Crippen LogP contribution in [0.15, 0.2) is 24.3 Å². The Balaban J connectivity index is 1.64. The molecule has 0 bridgehead atoms. The number of carbonyl (C=O) groups excluding carboxylic acids is 1. The van der Waals surface area contributed by atoms with Crippen molar-refractivity contribution < 1.29 is 4.79 Å². The van der Waals surface area contributed by atoms with Gasteiger partial charge >= 0.3 is 0 Å². The van der Waals surface area contributed by atoms with E-state index in [1.54, 1.807) is 0 Å². The van der Waals surface area contributed by atoms with E-state index in [4.69, 9.17) is 0 Å². The van der Waals surface area contributed by atoms with E-state index in [-0.39, 0.29) is 11.9 Å². The number of benzene rings is 1. The average molecular weight is 329 g/mol. The van der Waals surface area contributed by atoms with E-state index in [9.17, 15) is 4.79 Å². The molecule has 3 aliphatic heterocycles. The molecule has 1 amide bonds. The number of para-hydroxylation sites is 2. The summed E-state index contributed by atoms with van der Waals surface area (Å²) in [5.41, 5.74) is 8.79. The fourth-order valence-electron chi connectivity index (χ4n) is 4.39. The monoisotopic (exact) mass is 329 g/mol. The van der Waals surface area contributed by atoms with E-state index in [0.717, 1.165) is 44.0 Å². The summed E-state index contributed by atoms with van der Waals surface area (Å²) in [4.78, 5) is 17.7. The third-order valence-corrected chi connectivity index (χ3v) is 5.58. The molecule has 4 unspecified atom stereocenters. The Bertz CT molecular complexity index is 621. The molecule has 24 heavy (non-hydrogen) atoms. The molecule has 0 saturated carbocycles. The first kappa shape index (κ1) is 15.9. The molecule has 2 fully saturated rings. The lowest BCUT2D eigenvalue weighted by Crippen LogP contribution is -2.51. The maximum Gasteiger partial charge on any atom is 0.245 e. The van der Waals surface area contributed by atoms with Crippen molar-refractivity contribution in [3.8, 4) is 0 Å². The highest BCUT2D eigenvalue weighted by atomic mass is 16.2. The van der Waals surface area contributed by atoms with Gasteiger partial charge in [-0.15, -0.1) is 0 Å². The Morgan fingerprint density at radius 2 is 1.96 bits per heavy atom. The fourth-order valence-corrected chi connectivity index (χ4v) is 4.39. The molecule has 3 heterocycles. The molecule has 3 aliphatic rings. The SMILES string of the molecule is CC1CN(C)c2ccccc2N(C(=O)C2NNC3CCNCC32)C1. The van der Waals surface area contributed by atoms with Gasteiger partial charge in [-0.1, -0.05) is 19.1 Å². The molecule has 130 valence electrons. The second kappa shape index (κ2) is 6.35. The van der Waals surface area contributed by atoms with Gasteiger partial charge in [0.05, 0.1) is 11.4 Å². The van der Waals surface area contributed by atoms with Crippen LogP contribution in [0.3, 0.4) is 0 Å². The molecule has 1 aromatic rings. The van der Waals surface area contributed by atoms with Crippen LogP contribution in [0.1, 0.15) is 13.3 Å². The van der Waals surface area contributed by atoms with Crippen molar-refractivity contribution in [1.82, 2.24) is 16.2 Å². The van der Waals surface area contributed by atoms with Crippen LogP contribution in [0.5, 0.6) is 0 Å². The van der Waals surface area contributed by atoms with Crippen LogP contribution in [-0.4, -0.2) is 51.2 Å². The summed E-state index contributed by atoms with van der Waals surface area (Å²) in [5, 5.41) is 3.43. The van der Waals surface area contributed by atoms with E-state index < -0.39 is 0 Å². The Labute approximate surface area is 143 Å². The molecule has 6 heteroatoms. The Morgan fingerprint density at radius 3 is 2.79 bits per heavy atom. The van der Waals surface area contributed by atoms with E-state index in [0.29, 0.717) is 17.9 Å². The first-order chi connectivity index (χ1) is 11.6. The van der Waals surface area contributed by atoms with Gasteiger partial charge in [-0.25, -0.2) is 5.43 Å². The van der Waals surface area contributed by atoms with Crippen molar-refractivity contribution in [2.75, 3.05) is 43.0 Å². The summed E-state index contributed by atoms with van der Waals surface area (Å²) in [6.45, 7) is 5.86. The van der Waals surface area contributed by atoms with E-state index in [1.165, 1.54) is 0 Å². The smallest absolute Gasteiger partial charge is 0.245 e. The highest BCUT2D eigenvalue weighted by molar-refractivity contribution is 6.00. The molecule has 4 atom stereocenters. The minimum atomic E-state index is -0.161. The van der Waals surface area contributed by atoms with Crippen molar-refractivity contribution >= 4 is 17.3 Å². The van der Waals surface area contributed by atoms with Gasteiger partial charge in [0.15, 0.2) is 0 Å². The number of hydrogen-bond donors (Lipinski definition) is 3. The number of anilines is 2. The number of rotatable bonds is 1. The van der Waals surface area contributed by atoms with Crippen molar-refractivity contribution in [3.05, 3.63) is 24.3 Å². The van der Waals surface area contributed by atoms with Gasteiger partial charge in [-0.3, -0.25) is 10.2 Å². The summed E-state index contributed by atoms with van der Waals surface area (Å²) in [6.07, 6.45) is 1.07. The number of amides is 1. The van der Waals surface area contributed by atoms with Crippen molar-refractivity contribution in [2.45, 2.75) is 25.4 Å². The minimum absolute atomic E-state index is 0.161. The number of hydrogen-bond acceptors (Lipinski definition) is 5. The van der Waals surface area contributed by atoms with Crippen LogP contribution in [0, 0.1) is 11.8 Å². The molecule has 1 aromatic carbocycles. The van der Waals surface area contributed by atoms with Crippen LogP contribution in [0.4, 0.5) is 11.4 Å². The first-order valence-electron chi connectivity index (χ1n) is 8.98. The normalized spacial score (nSPS) is 32.9. The lowest BCUT2D eigenvalue weighted by atomic mass is 9.88. The van der Waals surface area contributed by atoms with Crippen molar-refractivity contribution in [3.63, 3.8) is 0 Å². The third-order valence-electron chi connectivity index (χ3n) is 5.58. The van der Waals surface area contributed by atoms with E-state index in [2.05, 4.69) is 47.2 Å². The second-order valence-corrected chi connectivity index (χ2v) is 7.45. The van der Waals surface area contributed by atoms with Gasteiger partial charge in [0, 0.05) is 38.6 Å². The van der Waals surface area contributed by atoms with Crippen LogP contribution >= 0.6 is 0 Å². The van der Waals surface area contributed by atoms with Crippen LogP contribution in [-0.2, 0) is 4.79 Å². The third kappa shape index (κ3) is 2.68.